The summed E-state index contributed by atoms with van der Waals surface area (Å²) in [5, 5.41) is 7.67. The number of nitrogen functional groups attached to an aromatic ring is 1. The first kappa shape index (κ1) is 9.92. The molecule has 1 aromatic carbocycles. The summed E-state index contributed by atoms with van der Waals surface area (Å²) >= 11 is 5.85. The van der Waals surface area contributed by atoms with Crippen molar-refractivity contribution in [2.45, 2.75) is 6.54 Å². The summed E-state index contributed by atoms with van der Waals surface area (Å²) in [5.74, 6) is -0.0703. The zero-order valence-corrected chi connectivity index (χ0v) is 8.45. The van der Waals surface area contributed by atoms with Gasteiger partial charge in [-0.05, 0) is 12.1 Å². The maximum Gasteiger partial charge on any atom is 0.165 e. The van der Waals surface area contributed by atoms with Gasteiger partial charge in [-0.15, -0.1) is 5.10 Å². The number of nitrogens with two attached hydrogens (primary N) is 1. The standard InChI is InChI=1S/C9H8ClFN4/c10-7-2-1-3-8(11)6(7)4-15-5-9(12)13-14-15/h1-3,5H,4,12H2. The molecule has 0 aliphatic heterocycles. The highest BCUT2D eigenvalue weighted by atomic mass is 35.5. The largest absolute Gasteiger partial charge is 0.381 e. The van der Waals surface area contributed by atoms with E-state index in [0.717, 1.165) is 0 Å². The van der Waals surface area contributed by atoms with E-state index in [2.05, 4.69) is 10.3 Å². The minimum absolute atomic E-state index is 0.218. The van der Waals surface area contributed by atoms with E-state index in [1.54, 1.807) is 12.1 Å². The van der Waals surface area contributed by atoms with Crippen molar-refractivity contribution in [2.75, 3.05) is 5.73 Å². The molecule has 2 aromatic rings. The SMILES string of the molecule is Nc1cn(Cc2c(F)cccc2Cl)nn1. The molecule has 0 radical (unpaired) electrons. The first-order valence-electron chi connectivity index (χ1n) is 4.25. The normalized spacial score (nSPS) is 10.5. The molecule has 0 atom stereocenters. The maximum absolute atomic E-state index is 13.4. The van der Waals surface area contributed by atoms with Gasteiger partial charge in [-0.25, -0.2) is 9.07 Å². The summed E-state index contributed by atoms with van der Waals surface area (Å²) in [6, 6.07) is 4.53. The van der Waals surface area contributed by atoms with Gasteiger partial charge >= 0.3 is 0 Å². The van der Waals surface area contributed by atoms with Gasteiger partial charge in [0.1, 0.15) is 5.82 Å². The Morgan fingerprint density at radius 2 is 2.27 bits per heavy atom. The van der Waals surface area contributed by atoms with E-state index in [1.165, 1.54) is 16.9 Å². The second-order valence-corrected chi connectivity index (χ2v) is 3.45. The van der Waals surface area contributed by atoms with Crippen LogP contribution in [0, 0.1) is 5.82 Å². The molecule has 0 fully saturated rings. The predicted molar refractivity (Wildman–Crippen MR) is 54.9 cm³/mol. The first-order chi connectivity index (χ1) is 7.16. The Morgan fingerprint density at radius 3 is 2.87 bits per heavy atom. The van der Waals surface area contributed by atoms with Gasteiger partial charge in [0, 0.05) is 10.6 Å². The fourth-order valence-corrected chi connectivity index (χ4v) is 1.46. The molecule has 0 amide bonds. The summed E-state index contributed by atoms with van der Waals surface area (Å²) < 4.78 is 14.8. The quantitative estimate of drug-likeness (QED) is 0.848. The number of halogens is 2. The van der Waals surface area contributed by atoms with Crippen molar-refractivity contribution < 1.29 is 4.39 Å². The first-order valence-corrected chi connectivity index (χ1v) is 4.63. The van der Waals surface area contributed by atoms with E-state index < -0.39 is 0 Å². The molecule has 0 unspecified atom stereocenters. The topological polar surface area (TPSA) is 56.7 Å². The van der Waals surface area contributed by atoms with Crippen LogP contribution < -0.4 is 5.73 Å². The van der Waals surface area contributed by atoms with Crippen molar-refractivity contribution in [1.82, 2.24) is 15.0 Å². The third-order valence-electron chi connectivity index (χ3n) is 1.94. The van der Waals surface area contributed by atoms with Crippen molar-refractivity contribution in [2.24, 2.45) is 0 Å². The lowest BCUT2D eigenvalue weighted by atomic mass is 10.2. The highest BCUT2D eigenvalue weighted by molar-refractivity contribution is 6.31. The second kappa shape index (κ2) is 3.86. The molecule has 2 N–H and O–H groups in total. The lowest BCUT2D eigenvalue weighted by Gasteiger charge is -2.04. The van der Waals surface area contributed by atoms with Crippen LogP contribution in [0.5, 0.6) is 0 Å². The summed E-state index contributed by atoms with van der Waals surface area (Å²) in [7, 11) is 0. The predicted octanol–water partition coefficient (Wildman–Crippen LogP) is 1.70. The van der Waals surface area contributed by atoms with Gasteiger partial charge in [0.15, 0.2) is 5.82 Å². The van der Waals surface area contributed by atoms with Crippen molar-refractivity contribution in [3.05, 3.63) is 40.8 Å². The zero-order valence-electron chi connectivity index (χ0n) is 7.69. The number of benzene rings is 1. The molecule has 0 spiro atoms. The highest BCUT2D eigenvalue weighted by Gasteiger charge is 2.08. The average Bonchev–Trinajstić information content (AvgIpc) is 2.58. The lowest BCUT2D eigenvalue weighted by molar-refractivity contribution is 0.577. The highest BCUT2D eigenvalue weighted by Crippen LogP contribution is 2.19. The molecule has 0 saturated heterocycles. The second-order valence-electron chi connectivity index (χ2n) is 3.04. The summed E-state index contributed by atoms with van der Waals surface area (Å²) in [6.45, 7) is 0.218. The number of rotatable bonds is 2. The number of aromatic nitrogens is 3. The van der Waals surface area contributed by atoms with Gasteiger partial charge in [-0.1, -0.05) is 22.9 Å². The molecule has 0 bridgehead atoms. The number of hydrogen-bond acceptors (Lipinski definition) is 3. The van der Waals surface area contributed by atoms with Crippen LogP contribution in [-0.4, -0.2) is 15.0 Å². The number of hydrogen-bond donors (Lipinski definition) is 1. The van der Waals surface area contributed by atoms with Crippen LogP contribution in [0.15, 0.2) is 24.4 Å². The van der Waals surface area contributed by atoms with E-state index in [4.69, 9.17) is 17.3 Å². The smallest absolute Gasteiger partial charge is 0.165 e. The van der Waals surface area contributed by atoms with Crippen LogP contribution >= 0.6 is 11.6 Å². The third kappa shape index (κ3) is 2.07. The molecule has 0 aliphatic carbocycles. The van der Waals surface area contributed by atoms with E-state index in [1.807, 2.05) is 0 Å². The van der Waals surface area contributed by atoms with E-state index >= 15 is 0 Å². The molecular formula is C9H8ClFN4. The average molecular weight is 227 g/mol. The Bertz CT molecular complexity index is 462. The minimum Gasteiger partial charge on any atom is -0.381 e. The van der Waals surface area contributed by atoms with Gasteiger partial charge in [0.25, 0.3) is 0 Å². The fourth-order valence-electron chi connectivity index (χ4n) is 1.24. The lowest BCUT2D eigenvalue weighted by Crippen LogP contribution is -2.03. The van der Waals surface area contributed by atoms with Gasteiger partial charge in [-0.3, -0.25) is 0 Å². The van der Waals surface area contributed by atoms with E-state index in [9.17, 15) is 4.39 Å². The number of anilines is 1. The van der Waals surface area contributed by atoms with Gasteiger partial charge in [-0.2, -0.15) is 0 Å². The van der Waals surface area contributed by atoms with Crippen molar-refractivity contribution in [3.8, 4) is 0 Å². The van der Waals surface area contributed by atoms with E-state index in [-0.39, 0.29) is 12.4 Å². The minimum atomic E-state index is -0.364. The Kier molecular flexibility index (Phi) is 2.55. The van der Waals surface area contributed by atoms with Crippen LogP contribution in [0.25, 0.3) is 0 Å². The van der Waals surface area contributed by atoms with Crippen molar-refractivity contribution in [3.63, 3.8) is 0 Å². The molecule has 2 rings (SSSR count). The van der Waals surface area contributed by atoms with Crippen LogP contribution in [0.4, 0.5) is 10.2 Å². The number of nitrogens with zero attached hydrogens (tertiary/aromatic N) is 3. The van der Waals surface area contributed by atoms with Gasteiger partial charge in [0.2, 0.25) is 0 Å². The third-order valence-corrected chi connectivity index (χ3v) is 2.29. The Morgan fingerprint density at radius 1 is 1.47 bits per heavy atom. The molecule has 4 nitrogen and oxygen atoms in total. The fraction of sp³-hybridized carbons (Fsp3) is 0.111. The molecular weight excluding hydrogens is 219 g/mol. The zero-order chi connectivity index (χ0) is 10.8. The maximum atomic E-state index is 13.4. The summed E-state index contributed by atoms with van der Waals surface area (Å²) in [5.41, 5.74) is 5.77. The Balaban J connectivity index is 2.31. The van der Waals surface area contributed by atoms with Crippen LogP contribution in [-0.2, 0) is 6.54 Å². The molecule has 15 heavy (non-hydrogen) atoms. The van der Waals surface area contributed by atoms with E-state index in [0.29, 0.717) is 16.4 Å². The molecule has 1 heterocycles. The monoisotopic (exact) mass is 226 g/mol. The van der Waals surface area contributed by atoms with Gasteiger partial charge < -0.3 is 5.73 Å². The van der Waals surface area contributed by atoms with Crippen LogP contribution in [0.1, 0.15) is 5.56 Å². The summed E-state index contributed by atoms with van der Waals surface area (Å²) in [6.07, 6.45) is 1.52. The van der Waals surface area contributed by atoms with Crippen LogP contribution in [0.3, 0.4) is 0 Å². The Labute approximate surface area is 90.5 Å². The molecule has 1 aromatic heterocycles. The Hall–Kier alpha value is -1.62. The molecule has 6 heteroatoms. The van der Waals surface area contributed by atoms with Gasteiger partial charge in [0.05, 0.1) is 12.7 Å². The molecule has 0 aliphatic rings. The molecule has 78 valence electrons. The molecule has 0 saturated carbocycles. The van der Waals surface area contributed by atoms with Crippen molar-refractivity contribution >= 4 is 17.4 Å². The van der Waals surface area contributed by atoms with Crippen molar-refractivity contribution in [1.29, 1.82) is 0 Å². The van der Waals surface area contributed by atoms with Crippen LogP contribution in [0.2, 0.25) is 5.02 Å². The summed E-state index contributed by atoms with van der Waals surface area (Å²) in [4.78, 5) is 0.